The Bertz CT molecular complexity index is 635. The Morgan fingerprint density at radius 3 is 2.68 bits per heavy atom. The molecule has 0 spiro atoms. The van der Waals surface area contributed by atoms with Gasteiger partial charge in [-0.3, -0.25) is 4.79 Å². The molecule has 0 radical (unpaired) electrons. The first-order chi connectivity index (χ1) is 9.97. The molecule has 0 fully saturated rings. The summed E-state index contributed by atoms with van der Waals surface area (Å²) in [6.07, 6.45) is 0.350. The highest BCUT2D eigenvalue weighted by molar-refractivity contribution is 7.15. The van der Waals surface area contributed by atoms with Crippen molar-refractivity contribution in [2.45, 2.75) is 26.3 Å². The maximum absolute atomic E-state index is 13.6. The van der Waals surface area contributed by atoms with Crippen LogP contribution in [-0.4, -0.2) is 22.1 Å². The summed E-state index contributed by atoms with van der Waals surface area (Å²) in [7, 11) is 0. The fourth-order valence-corrected chi connectivity index (χ4v) is 2.40. The molecule has 1 amide bonds. The average molecular weight is 345 g/mol. The van der Waals surface area contributed by atoms with Crippen molar-refractivity contribution in [3.05, 3.63) is 40.7 Å². The molecule has 22 heavy (non-hydrogen) atoms. The number of hydrogen-bond acceptors (Lipinski definition) is 5. The van der Waals surface area contributed by atoms with Gasteiger partial charge in [0.2, 0.25) is 11.0 Å². The molecule has 0 bridgehead atoms. The van der Waals surface area contributed by atoms with E-state index in [-0.39, 0.29) is 36.1 Å². The van der Waals surface area contributed by atoms with E-state index in [0.717, 1.165) is 0 Å². The third-order valence-corrected chi connectivity index (χ3v) is 4.04. The predicted octanol–water partition coefficient (Wildman–Crippen LogP) is 2.61. The zero-order chi connectivity index (χ0) is 15.4. The summed E-state index contributed by atoms with van der Waals surface area (Å²) in [4.78, 5) is 11.9. The third kappa shape index (κ3) is 4.72. The van der Waals surface area contributed by atoms with E-state index in [4.69, 9.17) is 5.73 Å². The Labute approximate surface area is 138 Å². The Balaban J connectivity index is 0.00000242. The molecule has 2 rings (SSSR count). The molecular formula is C14H18ClFN4OS. The lowest BCUT2D eigenvalue weighted by atomic mass is 10.0. The minimum atomic E-state index is -0.316. The second-order valence-corrected chi connectivity index (χ2v) is 5.97. The lowest BCUT2D eigenvalue weighted by Gasteiger charge is -2.13. The highest BCUT2D eigenvalue weighted by atomic mass is 35.5. The molecular weight excluding hydrogens is 327 g/mol. The molecule has 2 unspecified atom stereocenters. The number of amides is 1. The summed E-state index contributed by atoms with van der Waals surface area (Å²) < 4.78 is 13.6. The highest BCUT2D eigenvalue weighted by Crippen LogP contribution is 2.20. The van der Waals surface area contributed by atoms with Gasteiger partial charge in [0.15, 0.2) is 0 Å². The fourth-order valence-electron chi connectivity index (χ4n) is 1.64. The van der Waals surface area contributed by atoms with Crippen molar-refractivity contribution in [1.29, 1.82) is 0 Å². The standard InChI is InChI=1S/C14H17FN4OS.ClH/c1-8(9(2)16)13(20)17-14-19-18-12(21-14)7-10-5-3-4-6-11(10)15;/h3-6,8-9H,7,16H2,1-2H3,(H,17,19,20);1H. The van der Waals surface area contributed by atoms with Crippen LogP contribution in [0.5, 0.6) is 0 Å². The average Bonchev–Trinajstić information content (AvgIpc) is 2.87. The Kier molecular flexibility index (Phi) is 6.86. The Hall–Kier alpha value is -1.57. The van der Waals surface area contributed by atoms with Gasteiger partial charge in [-0.05, 0) is 18.6 Å². The number of hydrogen-bond donors (Lipinski definition) is 2. The molecule has 3 N–H and O–H groups in total. The van der Waals surface area contributed by atoms with E-state index in [1.165, 1.54) is 17.4 Å². The smallest absolute Gasteiger partial charge is 0.230 e. The lowest BCUT2D eigenvalue weighted by Crippen LogP contribution is -2.34. The molecule has 120 valence electrons. The first kappa shape index (κ1) is 18.5. The number of anilines is 1. The number of carbonyl (C=O) groups excluding carboxylic acids is 1. The molecule has 1 aromatic heterocycles. The first-order valence-electron chi connectivity index (χ1n) is 6.59. The molecule has 1 heterocycles. The van der Waals surface area contributed by atoms with Crippen molar-refractivity contribution >= 4 is 34.8 Å². The Morgan fingerprint density at radius 1 is 1.36 bits per heavy atom. The molecule has 5 nitrogen and oxygen atoms in total. The minimum absolute atomic E-state index is 0. The maximum atomic E-state index is 13.6. The molecule has 0 saturated carbocycles. The first-order valence-corrected chi connectivity index (χ1v) is 7.41. The van der Waals surface area contributed by atoms with Crippen molar-refractivity contribution in [2.24, 2.45) is 11.7 Å². The van der Waals surface area contributed by atoms with Gasteiger partial charge in [-0.15, -0.1) is 22.6 Å². The van der Waals surface area contributed by atoms with Crippen LogP contribution in [0.25, 0.3) is 0 Å². The van der Waals surface area contributed by atoms with Crippen LogP contribution in [0.4, 0.5) is 9.52 Å². The number of aromatic nitrogens is 2. The molecule has 0 saturated heterocycles. The molecule has 2 aromatic rings. The summed E-state index contributed by atoms with van der Waals surface area (Å²) in [6.45, 7) is 3.52. The largest absolute Gasteiger partial charge is 0.327 e. The zero-order valence-electron chi connectivity index (χ0n) is 12.2. The Morgan fingerprint density at radius 2 is 2.05 bits per heavy atom. The number of halogens is 2. The number of nitrogens with two attached hydrogens (primary N) is 1. The molecule has 0 aliphatic rings. The number of rotatable bonds is 5. The lowest BCUT2D eigenvalue weighted by molar-refractivity contribution is -0.119. The van der Waals surface area contributed by atoms with E-state index >= 15 is 0 Å². The summed E-state index contributed by atoms with van der Waals surface area (Å²) in [5.74, 6) is -0.786. The van der Waals surface area contributed by atoms with Crippen LogP contribution in [0, 0.1) is 11.7 Å². The number of nitrogens with one attached hydrogen (secondary N) is 1. The van der Waals surface area contributed by atoms with Crippen LogP contribution in [0.2, 0.25) is 0 Å². The SMILES string of the molecule is CC(N)C(C)C(=O)Nc1nnc(Cc2ccccc2F)s1.Cl. The predicted molar refractivity (Wildman–Crippen MR) is 87.8 cm³/mol. The van der Waals surface area contributed by atoms with Gasteiger partial charge in [0, 0.05) is 12.5 Å². The van der Waals surface area contributed by atoms with E-state index in [1.807, 2.05) is 0 Å². The van der Waals surface area contributed by atoms with Crippen LogP contribution in [-0.2, 0) is 11.2 Å². The summed E-state index contributed by atoms with van der Waals surface area (Å²) >= 11 is 1.23. The van der Waals surface area contributed by atoms with Crippen LogP contribution in [0.3, 0.4) is 0 Å². The van der Waals surface area contributed by atoms with E-state index in [9.17, 15) is 9.18 Å². The number of nitrogens with zero attached hydrogens (tertiary/aromatic N) is 2. The second kappa shape index (κ2) is 8.17. The summed E-state index contributed by atoms with van der Waals surface area (Å²) in [5, 5.41) is 11.6. The summed E-state index contributed by atoms with van der Waals surface area (Å²) in [6, 6.07) is 6.28. The van der Waals surface area contributed by atoms with Gasteiger partial charge in [-0.2, -0.15) is 0 Å². The van der Waals surface area contributed by atoms with Gasteiger partial charge in [0.25, 0.3) is 0 Å². The second-order valence-electron chi connectivity index (χ2n) is 4.91. The normalized spacial score (nSPS) is 13.1. The van der Waals surface area contributed by atoms with E-state index < -0.39 is 0 Å². The minimum Gasteiger partial charge on any atom is -0.327 e. The van der Waals surface area contributed by atoms with Crippen molar-refractivity contribution in [3.63, 3.8) is 0 Å². The van der Waals surface area contributed by atoms with E-state index in [2.05, 4.69) is 15.5 Å². The van der Waals surface area contributed by atoms with E-state index in [0.29, 0.717) is 22.1 Å². The van der Waals surface area contributed by atoms with Crippen LogP contribution in [0.15, 0.2) is 24.3 Å². The quantitative estimate of drug-likeness (QED) is 0.873. The van der Waals surface area contributed by atoms with Gasteiger partial charge in [0.1, 0.15) is 10.8 Å². The molecule has 0 aliphatic heterocycles. The van der Waals surface area contributed by atoms with Gasteiger partial charge in [0.05, 0.1) is 5.92 Å². The van der Waals surface area contributed by atoms with Crippen molar-refractivity contribution in [3.8, 4) is 0 Å². The van der Waals surface area contributed by atoms with Crippen molar-refractivity contribution < 1.29 is 9.18 Å². The van der Waals surface area contributed by atoms with Crippen molar-refractivity contribution in [1.82, 2.24) is 10.2 Å². The molecule has 0 aliphatic carbocycles. The summed E-state index contributed by atoms with van der Waals surface area (Å²) in [5.41, 5.74) is 6.23. The monoisotopic (exact) mass is 344 g/mol. The fraction of sp³-hybridized carbons (Fsp3) is 0.357. The van der Waals surface area contributed by atoms with Crippen LogP contribution in [0.1, 0.15) is 24.4 Å². The molecule has 2 atom stereocenters. The highest BCUT2D eigenvalue weighted by Gasteiger charge is 2.18. The zero-order valence-corrected chi connectivity index (χ0v) is 13.9. The van der Waals surface area contributed by atoms with Gasteiger partial charge in [-0.25, -0.2) is 4.39 Å². The van der Waals surface area contributed by atoms with Crippen LogP contribution >= 0.6 is 23.7 Å². The number of carbonyl (C=O) groups is 1. The van der Waals surface area contributed by atoms with Crippen molar-refractivity contribution in [2.75, 3.05) is 5.32 Å². The van der Waals surface area contributed by atoms with Gasteiger partial charge < -0.3 is 11.1 Å². The molecule has 8 heteroatoms. The topological polar surface area (TPSA) is 80.9 Å². The van der Waals surface area contributed by atoms with E-state index in [1.54, 1.807) is 32.0 Å². The van der Waals surface area contributed by atoms with Gasteiger partial charge >= 0.3 is 0 Å². The van der Waals surface area contributed by atoms with Crippen LogP contribution < -0.4 is 11.1 Å². The molecule has 1 aromatic carbocycles. The number of benzene rings is 1. The maximum Gasteiger partial charge on any atom is 0.230 e. The van der Waals surface area contributed by atoms with Gasteiger partial charge in [-0.1, -0.05) is 36.5 Å². The third-order valence-electron chi connectivity index (χ3n) is 3.20.